The molecule has 1 aromatic carbocycles. The summed E-state index contributed by atoms with van der Waals surface area (Å²) in [6, 6.07) is 13.6. The van der Waals surface area contributed by atoms with Gasteiger partial charge in [0, 0.05) is 12.5 Å². The molecule has 120 valence electrons. The van der Waals surface area contributed by atoms with Gasteiger partial charge in [0.15, 0.2) is 0 Å². The number of hydrogen-bond donors (Lipinski definition) is 0. The maximum absolute atomic E-state index is 12.2. The Labute approximate surface area is 130 Å². The minimum atomic E-state index is -3.60. The Kier molecular flexibility index (Phi) is 6.25. The third-order valence-corrected chi connectivity index (χ3v) is 4.47. The fraction of sp³-hybridized carbons (Fsp3) is 0.375. The van der Waals surface area contributed by atoms with Crippen molar-refractivity contribution in [2.45, 2.75) is 26.7 Å². The zero-order valence-electron chi connectivity index (χ0n) is 12.9. The van der Waals surface area contributed by atoms with Crippen LogP contribution in [0, 0.1) is 0 Å². The SMILES string of the molecule is CCOP(=O)(OCC)Oc1ccc(CCc2ccccc2)o1. The molecule has 0 radical (unpaired) electrons. The number of aryl methyl sites for hydroxylation is 2. The number of rotatable bonds is 9. The lowest BCUT2D eigenvalue weighted by Gasteiger charge is -2.14. The minimum absolute atomic E-state index is 0.147. The van der Waals surface area contributed by atoms with Crippen LogP contribution in [-0.2, 0) is 26.5 Å². The first-order valence-corrected chi connectivity index (χ1v) is 8.82. The summed E-state index contributed by atoms with van der Waals surface area (Å²) in [6.45, 7) is 3.92. The first kappa shape index (κ1) is 16.8. The summed E-state index contributed by atoms with van der Waals surface area (Å²) in [4.78, 5) is 0. The van der Waals surface area contributed by atoms with Crippen molar-refractivity contribution >= 4 is 7.82 Å². The molecule has 0 aliphatic carbocycles. The molecule has 1 aromatic heterocycles. The normalized spacial score (nSPS) is 11.5. The van der Waals surface area contributed by atoms with E-state index in [-0.39, 0.29) is 19.2 Å². The summed E-state index contributed by atoms with van der Waals surface area (Å²) < 4.78 is 33.2. The van der Waals surface area contributed by atoms with E-state index in [1.54, 1.807) is 26.0 Å². The molecule has 1 heterocycles. The van der Waals surface area contributed by atoms with E-state index in [0.717, 1.165) is 18.6 Å². The van der Waals surface area contributed by atoms with Crippen LogP contribution < -0.4 is 4.52 Å². The van der Waals surface area contributed by atoms with E-state index in [0.29, 0.717) is 0 Å². The maximum atomic E-state index is 12.2. The van der Waals surface area contributed by atoms with Crippen LogP contribution in [0.1, 0.15) is 25.2 Å². The van der Waals surface area contributed by atoms with Crippen LogP contribution in [0.2, 0.25) is 0 Å². The molecular formula is C16H21O5P. The third kappa shape index (κ3) is 5.02. The zero-order valence-corrected chi connectivity index (χ0v) is 13.8. The molecule has 6 heteroatoms. The standard InChI is InChI=1S/C16H21O5P/c1-3-18-22(17,19-4-2)21-16-13-12-15(20-16)11-10-14-8-6-5-7-9-14/h5-9,12-13H,3-4,10-11H2,1-2H3. The highest BCUT2D eigenvalue weighted by Gasteiger charge is 2.28. The lowest BCUT2D eigenvalue weighted by molar-refractivity contribution is 0.156. The highest BCUT2D eigenvalue weighted by Crippen LogP contribution is 2.49. The molecule has 5 nitrogen and oxygen atoms in total. The van der Waals surface area contributed by atoms with Crippen LogP contribution in [0.15, 0.2) is 46.9 Å². The number of hydrogen-bond acceptors (Lipinski definition) is 5. The Balaban J connectivity index is 1.94. The minimum Gasteiger partial charge on any atom is -0.431 e. The summed E-state index contributed by atoms with van der Waals surface area (Å²) in [5.41, 5.74) is 1.23. The molecule has 0 atom stereocenters. The largest absolute Gasteiger partial charge is 0.532 e. The molecule has 0 spiro atoms. The van der Waals surface area contributed by atoms with Crippen molar-refractivity contribution in [3.8, 4) is 5.95 Å². The van der Waals surface area contributed by atoms with Gasteiger partial charge in [-0.05, 0) is 31.9 Å². The predicted octanol–water partition coefficient (Wildman–Crippen LogP) is 4.62. The molecule has 0 amide bonds. The Morgan fingerprint density at radius 1 is 0.955 bits per heavy atom. The van der Waals surface area contributed by atoms with E-state index in [9.17, 15) is 4.57 Å². The van der Waals surface area contributed by atoms with Crippen molar-refractivity contribution in [3.05, 3.63) is 53.8 Å². The van der Waals surface area contributed by atoms with Gasteiger partial charge in [-0.3, -0.25) is 9.05 Å². The van der Waals surface area contributed by atoms with E-state index in [4.69, 9.17) is 18.0 Å². The van der Waals surface area contributed by atoms with Crippen molar-refractivity contribution in [1.82, 2.24) is 0 Å². The van der Waals surface area contributed by atoms with E-state index < -0.39 is 7.82 Å². The van der Waals surface area contributed by atoms with Gasteiger partial charge in [0.1, 0.15) is 5.76 Å². The lowest BCUT2D eigenvalue weighted by atomic mass is 10.1. The molecule has 0 saturated heterocycles. The van der Waals surface area contributed by atoms with Crippen LogP contribution in [0.5, 0.6) is 5.95 Å². The molecule has 0 bridgehead atoms. The number of phosphoric ester groups is 1. The molecular weight excluding hydrogens is 303 g/mol. The third-order valence-electron chi connectivity index (χ3n) is 2.92. The Bertz CT molecular complexity index is 598. The molecule has 0 fully saturated rings. The van der Waals surface area contributed by atoms with Gasteiger partial charge < -0.3 is 8.94 Å². The molecule has 0 saturated carbocycles. The van der Waals surface area contributed by atoms with Gasteiger partial charge in [-0.15, -0.1) is 0 Å². The van der Waals surface area contributed by atoms with Crippen LogP contribution >= 0.6 is 7.82 Å². The Hall–Kier alpha value is -1.55. The van der Waals surface area contributed by atoms with Crippen LogP contribution in [0.25, 0.3) is 0 Å². The quantitative estimate of drug-likeness (QED) is 0.630. The number of phosphoric acid groups is 1. The topological polar surface area (TPSA) is 57.9 Å². The first-order chi connectivity index (χ1) is 10.6. The van der Waals surface area contributed by atoms with Crippen LogP contribution in [0.3, 0.4) is 0 Å². The van der Waals surface area contributed by atoms with Crippen LogP contribution in [-0.4, -0.2) is 13.2 Å². The Morgan fingerprint density at radius 3 is 2.27 bits per heavy atom. The molecule has 0 aliphatic heterocycles. The molecule has 2 rings (SSSR count). The molecule has 0 unspecified atom stereocenters. The summed E-state index contributed by atoms with van der Waals surface area (Å²) in [5, 5.41) is 0. The smallest absolute Gasteiger partial charge is 0.431 e. The van der Waals surface area contributed by atoms with E-state index >= 15 is 0 Å². The van der Waals surface area contributed by atoms with Gasteiger partial charge >= 0.3 is 7.82 Å². The molecule has 22 heavy (non-hydrogen) atoms. The van der Waals surface area contributed by atoms with Crippen LogP contribution in [0.4, 0.5) is 0 Å². The summed E-state index contributed by atoms with van der Waals surface area (Å²) in [5.74, 6) is 0.909. The lowest BCUT2D eigenvalue weighted by Crippen LogP contribution is -2.01. The van der Waals surface area contributed by atoms with Crippen molar-refractivity contribution in [2.24, 2.45) is 0 Å². The fourth-order valence-electron chi connectivity index (χ4n) is 1.97. The summed E-state index contributed by atoms with van der Waals surface area (Å²) >= 11 is 0. The van der Waals surface area contributed by atoms with E-state index in [1.165, 1.54) is 5.56 Å². The number of furan rings is 1. The zero-order chi connectivity index (χ0) is 15.8. The van der Waals surface area contributed by atoms with Crippen molar-refractivity contribution in [3.63, 3.8) is 0 Å². The highest BCUT2D eigenvalue weighted by molar-refractivity contribution is 7.48. The predicted molar refractivity (Wildman–Crippen MR) is 84.0 cm³/mol. The number of benzene rings is 1. The second-order valence-electron chi connectivity index (χ2n) is 4.58. The first-order valence-electron chi connectivity index (χ1n) is 7.36. The maximum Gasteiger partial charge on any atom is 0.532 e. The average Bonchev–Trinajstić information content (AvgIpc) is 2.94. The second kappa shape index (κ2) is 8.18. The molecule has 2 aromatic rings. The molecule has 0 aliphatic rings. The summed E-state index contributed by atoms with van der Waals surface area (Å²) in [6.07, 6.45) is 1.60. The van der Waals surface area contributed by atoms with E-state index in [2.05, 4.69) is 12.1 Å². The van der Waals surface area contributed by atoms with Gasteiger partial charge in [-0.1, -0.05) is 30.3 Å². The van der Waals surface area contributed by atoms with Crippen molar-refractivity contribution in [2.75, 3.05) is 13.2 Å². The van der Waals surface area contributed by atoms with Gasteiger partial charge in [-0.25, -0.2) is 4.57 Å². The van der Waals surface area contributed by atoms with Gasteiger partial charge in [0.2, 0.25) is 0 Å². The highest BCUT2D eigenvalue weighted by atomic mass is 31.2. The summed E-state index contributed by atoms with van der Waals surface area (Å²) in [7, 11) is -3.60. The van der Waals surface area contributed by atoms with Gasteiger partial charge in [0.05, 0.1) is 13.2 Å². The Morgan fingerprint density at radius 2 is 1.64 bits per heavy atom. The molecule has 0 N–H and O–H groups in total. The second-order valence-corrected chi connectivity index (χ2v) is 6.17. The fourth-order valence-corrected chi connectivity index (χ4v) is 3.10. The monoisotopic (exact) mass is 324 g/mol. The van der Waals surface area contributed by atoms with E-state index in [1.807, 2.05) is 18.2 Å². The average molecular weight is 324 g/mol. The van der Waals surface area contributed by atoms with Gasteiger partial charge in [0.25, 0.3) is 5.95 Å². The van der Waals surface area contributed by atoms with Crippen molar-refractivity contribution < 1.29 is 22.6 Å². The van der Waals surface area contributed by atoms with Gasteiger partial charge in [-0.2, -0.15) is 0 Å². The van der Waals surface area contributed by atoms with Crippen molar-refractivity contribution in [1.29, 1.82) is 0 Å².